The van der Waals surface area contributed by atoms with E-state index in [0.29, 0.717) is 25.0 Å². The van der Waals surface area contributed by atoms with Gasteiger partial charge in [-0.2, -0.15) is 0 Å². The van der Waals surface area contributed by atoms with Crippen molar-refractivity contribution < 1.29 is 19.1 Å². The second-order valence-electron chi connectivity index (χ2n) is 8.70. The van der Waals surface area contributed by atoms with Crippen molar-refractivity contribution in [2.75, 3.05) is 14.2 Å². The van der Waals surface area contributed by atoms with Crippen LogP contribution in [0.25, 0.3) is 6.08 Å². The largest absolute Gasteiger partial charge is 0.496 e. The maximum absolute atomic E-state index is 13.3. The van der Waals surface area contributed by atoms with Gasteiger partial charge in [-0.25, -0.2) is 0 Å². The predicted molar refractivity (Wildman–Crippen MR) is 129 cm³/mol. The van der Waals surface area contributed by atoms with Gasteiger partial charge in [0.15, 0.2) is 0 Å². The van der Waals surface area contributed by atoms with E-state index in [-0.39, 0.29) is 29.6 Å². The highest BCUT2D eigenvalue weighted by atomic mass is 16.5. The molecule has 1 aliphatic heterocycles. The number of ether oxygens (including phenoxy) is 1. The van der Waals surface area contributed by atoms with E-state index in [0.717, 1.165) is 11.1 Å². The topological polar surface area (TPSA) is 109 Å². The quantitative estimate of drug-likeness (QED) is 0.521. The highest BCUT2D eigenvalue weighted by Crippen LogP contribution is 2.23. The first-order chi connectivity index (χ1) is 15.7. The Morgan fingerprint density at radius 3 is 2.18 bits per heavy atom. The van der Waals surface area contributed by atoms with Gasteiger partial charge in [-0.15, -0.1) is 0 Å². The maximum Gasteiger partial charge on any atom is 0.246 e. The van der Waals surface area contributed by atoms with E-state index in [1.54, 1.807) is 26.4 Å². The average molecular weight is 459 g/mol. The Labute approximate surface area is 196 Å². The number of hydrogen-bond donors (Lipinski definition) is 4. The zero-order valence-electron chi connectivity index (χ0n) is 20.5. The van der Waals surface area contributed by atoms with Crippen molar-refractivity contribution in [3.63, 3.8) is 0 Å². The molecule has 3 amide bonds. The van der Waals surface area contributed by atoms with E-state index >= 15 is 0 Å². The van der Waals surface area contributed by atoms with Crippen LogP contribution >= 0.6 is 0 Å². The summed E-state index contributed by atoms with van der Waals surface area (Å²) < 4.78 is 5.49. The SMILES string of the molecule is CC[C@H](C)[C@@H]1NC(=O)[C@@H](NC)Cc2cc(ccc2OC)/C=C\NC(=O)[C@H]([C@@H](C)CC)NC1=O. The van der Waals surface area contributed by atoms with Gasteiger partial charge in [0.25, 0.3) is 0 Å². The third-order valence-electron chi connectivity index (χ3n) is 6.48. The molecule has 8 heteroatoms. The van der Waals surface area contributed by atoms with Crippen molar-refractivity contribution in [2.45, 2.75) is 65.1 Å². The van der Waals surface area contributed by atoms with Crippen molar-refractivity contribution >= 4 is 23.8 Å². The number of benzene rings is 1. The highest BCUT2D eigenvalue weighted by molar-refractivity contribution is 5.93. The summed E-state index contributed by atoms with van der Waals surface area (Å²) in [5.74, 6) is -0.448. The molecule has 1 heterocycles. The number of fused-ring (bicyclic) bond motifs is 2. The predicted octanol–water partition coefficient (Wildman–Crippen LogP) is 1.99. The number of amides is 3. The Morgan fingerprint density at radius 1 is 1.00 bits per heavy atom. The van der Waals surface area contributed by atoms with Gasteiger partial charge >= 0.3 is 0 Å². The van der Waals surface area contributed by atoms with E-state index in [4.69, 9.17) is 4.74 Å². The van der Waals surface area contributed by atoms with Crippen LogP contribution in [-0.4, -0.2) is 50.0 Å². The van der Waals surface area contributed by atoms with Crippen LogP contribution in [0.3, 0.4) is 0 Å². The third kappa shape index (κ3) is 6.81. The van der Waals surface area contributed by atoms with Gasteiger partial charge in [-0.05, 0) is 48.2 Å². The molecule has 1 aliphatic rings. The molecule has 5 atom stereocenters. The number of nitrogens with one attached hydrogen (secondary N) is 4. The van der Waals surface area contributed by atoms with Gasteiger partial charge < -0.3 is 26.0 Å². The number of rotatable bonds is 6. The van der Waals surface area contributed by atoms with Crippen molar-refractivity contribution in [3.8, 4) is 5.75 Å². The van der Waals surface area contributed by atoms with Crippen molar-refractivity contribution in [1.29, 1.82) is 0 Å². The zero-order chi connectivity index (χ0) is 24.5. The summed E-state index contributed by atoms with van der Waals surface area (Å²) in [7, 11) is 3.30. The van der Waals surface area contributed by atoms with Crippen LogP contribution < -0.4 is 26.0 Å². The molecule has 8 nitrogen and oxygen atoms in total. The van der Waals surface area contributed by atoms with Crippen molar-refractivity contribution in [1.82, 2.24) is 21.3 Å². The highest BCUT2D eigenvalue weighted by Gasteiger charge is 2.33. The van der Waals surface area contributed by atoms with Crippen molar-refractivity contribution in [2.24, 2.45) is 11.8 Å². The van der Waals surface area contributed by atoms with Gasteiger partial charge in [-0.3, -0.25) is 14.4 Å². The summed E-state index contributed by atoms with van der Waals surface area (Å²) in [6, 6.07) is 3.62. The molecule has 1 aromatic rings. The van der Waals surface area contributed by atoms with Crippen molar-refractivity contribution in [3.05, 3.63) is 35.5 Å². The lowest BCUT2D eigenvalue weighted by atomic mass is 9.94. The third-order valence-corrected chi connectivity index (χ3v) is 6.48. The van der Waals surface area contributed by atoms with E-state index < -0.39 is 18.1 Å². The van der Waals surface area contributed by atoms with Gasteiger partial charge in [0.2, 0.25) is 17.7 Å². The van der Waals surface area contributed by atoms with Crippen LogP contribution in [0.1, 0.15) is 51.7 Å². The van der Waals surface area contributed by atoms with Gasteiger partial charge in [0.1, 0.15) is 17.8 Å². The Kier molecular flexibility index (Phi) is 9.91. The fourth-order valence-corrected chi connectivity index (χ4v) is 3.82. The van der Waals surface area contributed by atoms with E-state index in [1.807, 2.05) is 45.9 Å². The minimum absolute atomic E-state index is 0.0797. The monoisotopic (exact) mass is 458 g/mol. The standard InChI is InChI=1S/C25H38N4O4/c1-7-15(3)21-24(31)27-12-11-17-9-10-20(33-6)18(13-17)14-19(26-5)23(30)28-22(16(4)8-2)25(32)29-21/h9-13,15-16,19,21-22,26H,7-8,14H2,1-6H3,(H,27,31)(H,28,30)(H,29,32)/b12-11-/t15-,16-,19-,21-,22-/m0/s1. The van der Waals surface area contributed by atoms with Gasteiger partial charge in [0, 0.05) is 12.6 Å². The molecule has 0 aromatic heterocycles. The first-order valence-electron chi connectivity index (χ1n) is 11.7. The molecule has 182 valence electrons. The number of methoxy groups -OCH3 is 1. The summed E-state index contributed by atoms with van der Waals surface area (Å²) in [5, 5.41) is 11.7. The minimum atomic E-state index is -0.758. The minimum Gasteiger partial charge on any atom is -0.496 e. The Morgan fingerprint density at radius 2 is 1.61 bits per heavy atom. The second-order valence-corrected chi connectivity index (χ2v) is 8.70. The number of hydrogen-bond acceptors (Lipinski definition) is 5. The van der Waals surface area contributed by atoms with Crippen LogP contribution in [0.2, 0.25) is 0 Å². The van der Waals surface area contributed by atoms with E-state index in [1.165, 1.54) is 0 Å². The molecule has 0 fully saturated rings. The normalized spacial score (nSPS) is 24.9. The van der Waals surface area contributed by atoms with Gasteiger partial charge in [0.05, 0.1) is 13.2 Å². The molecule has 2 bridgehead atoms. The van der Waals surface area contributed by atoms with E-state index in [2.05, 4.69) is 21.3 Å². The Balaban J connectivity index is 2.52. The fourth-order valence-electron chi connectivity index (χ4n) is 3.82. The molecular weight excluding hydrogens is 420 g/mol. The molecule has 0 saturated heterocycles. The lowest BCUT2D eigenvalue weighted by Crippen LogP contribution is -2.59. The maximum atomic E-state index is 13.3. The summed E-state index contributed by atoms with van der Waals surface area (Å²) in [6.45, 7) is 7.78. The van der Waals surface area contributed by atoms with Crippen LogP contribution in [0, 0.1) is 11.8 Å². The van der Waals surface area contributed by atoms with Crippen LogP contribution in [0.15, 0.2) is 24.4 Å². The zero-order valence-corrected chi connectivity index (χ0v) is 20.5. The van der Waals surface area contributed by atoms with Crippen LogP contribution in [-0.2, 0) is 20.8 Å². The van der Waals surface area contributed by atoms with Crippen LogP contribution in [0.4, 0.5) is 0 Å². The summed E-state index contributed by atoms with van der Waals surface area (Å²) in [6.07, 6.45) is 5.16. The Bertz CT molecular complexity index is 870. The fraction of sp³-hybridized carbons (Fsp3) is 0.560. The number of likely N-dealkylation sites (N-methyl/N-ethyl adjacent to an activating group) is 1. The molecule has 0 radical (unpaired) electrons. The number of carbonyl (C=O) groups is 3. The van der Waals surface area contributed by atoms with Gasteiger partial charge in [-0.1, -0.05) is 46.6 Å². The second kappa shape index (κ2) is 12.4. The molecule has 33 heavy (non-hydrogen) atoms. The molecule has 0 aliphatic carbocycles. The molecule has 0 spiro atoms. The first-order valence-corrected chi connectivity index (χ1v) is 11.7. The molecule has 2 rings (SSSR count). The summed E-state index contributed by atoms with van der Waals surface area (Å²) in [4.78, 5) is 39.4. The molecule has 0 saturated carbocycles. The molecule has 0 unspecified atom stereocenters. The first kappa shape index (κ1) is 26.4. The lowest BCUT2D eigenvalue weighted by Gasteiger charge is -2.29. The summed E-state index contributed by atoms with van der Waals surface area (Å²) >= 11 is 0. The average Bonchev–Trinajstić information content (AvgIpc) is 2.82. The lowest BCUT2D eigenvalue weighted by molar-refractivity contribution is -0.134. The Hall–Kier alpha value is -2.87. The summed E-state index contributed by atoms with van der Waals surface area (Å²) in [5.41, 5.74) is 1.70. The molecular formula is C25H38N4O4. The smallest absolute Gasteiger partial charge is 0.246 e. The number of carbonyl (C=O) groups excluding carboxylic acids is 3. The van der Waals surface area contributed by atoms with E-state index in [9.17, 15) is 14.4 Å². The molecule has 4 N–H and O–H groups in total. The van der Waals surface area contributed by atoms with Crippen LogP contribution in [0.5, 0.6) is 5.75 Å². The molecule has 1 aromatic carbocycles.